The van der Waals surface area contributed by atoms with Crippen molar-refractivity contribution in [3.63, 3.8) is 0 Å². The fourth-order valence-corrected chi connectivity index (χ4v) is 3.45. The van der Waals surface area contributed by atoms with E-state index in [4.69, 9.17) is 12.2 Å². The number of aliphatic imine (C=N–C) groups is 1. The number of nitrogens with zero attached hydrogens (tertiary/aromatic N) is 2. The summed E-state index contributed by atoms with van der Waals surface area (Å²) >= 11 is 6.60. The van der Waals surface area contributed by atoms with Crippen LogP contribution < -0.4 is 0 Å². The van der Waals surface area contributed by atoms with Crippen LogP contribution in [0.2, 0.25) is 0 Å². The van der Waals surface area contributed by atoms with Crippen molar-refractivity contribution >= 4 is 34.1 Å². The van der Waals surface area contributed by atoms with E-state index < -0.39 is 11.7 Å². The molecule has 19 heavy (non-hydrogen) atoms. The van der Waals surface area contributed by atoms with E-state index in [0.29, 0.717) is 22.3 Å². The van der Waals surface area contributed by atoms with Gasteiger partial charge in [-0.1, -0.05) is 24.0 Å². The first-order chi connectivity index (χ1) is 8.97. The maximum atomic E-state index is 12.8. The number of alkyl halides is 3. The highest BCUT2D eigenvalue weighted by atomic mass is 32.2. The fraction of sp³-hybridized carbons (Fsp3) is 0.333. The Balaban J connectivity index is 2.13. The van der Waals surface area contributed by atoms with E-state index in [2.05, 4.69) is 4.99 Å². The summed E-state index contributed by atoms with van der Waals surface area (Å²) in [5.74, 6) is 0.580. The van der Waals surface area contributed by atoms with Gasteiger partial charge in [-0.05, 0) is 24.6 Å². The lowest BCUT2D eigenvalue weighted by atomic mass is 10.1. The van der Waals surface area contributed by atoms with Gasteiger partial charge < -0.3 is 4.90 Å². The molecule has 0 unspecified atom stereocenters. The Morgan fingerprint density at radius 1 is 1.32 bits per heavy atom. The summed E-state index contributed by atoms with van der Waals surface area (Å²) in [6, 6.07) is 3.73. The Bertz CT molecular complexity index is 581. The van der Waals surface area contributed by atoms with Gasteiger partial charge in [0.1, 0.15) is 10.2 Å². The molecule has 100 valence electrons. The molecule has 0 saturated heterocycles. The largest absolute Gasteiger partial charge is 0.416 e. The number of rotatable bonds is 0. The van der Waals surface area contributed by atoms with Gasteiger partial charge in [0.15, 0.2) is 0 Å². The molecule has 2 nitrogen and oxygen atoms in total. The Hall–Kier alpha value is -1.08. The molecule has 7 heteroatoms. The summed E-state index contributed by atoms with van der Waals surface area (Å²) in [5.41, 5.74) is -0.110. The number of thiocarbonyl (C=S) groups is 1. The van der Waals surface area contributed by atoms with Crippen molar-refractivity contribution in [1.29, 1.82) is 0 Å². The minimum Gasteiger partial charge on any atom is -0.311 e. The molecule has 0 spiro atoms. The summed E-state index contributed by atoms with van der Waals surface area (Å²) in [5, 5.41) is 0. The van der Waals surface area contributed by atoms with Crippen LogP contribution in [-0.2, 0) is 6.18 Å². The Morgan fingerprint density at radius 2 is 2.11 bits per heavy atom. The predicted octanol–water partition coefficient (Wildman–Crippen LogP) is 3.55. The van der Waals surface area contributed by atoms with Crippen LogP contribution in [0, 0.1) is 0 Å². The molecule has 0 radical (unpaired) electrons. The van der Waals surface area contributed by atoms with Crippen molar-refractivity contribution in [2.24, 2.45) is 4.99 Å². The summed E-state index contributed by atoms with van der Waals surface area (Å²) in [7, 11) is 0. The first-order valence-corrected chi connectivity index (χ1v) is 6.95. The van der Waals surface area contributed by atoms with E-state index in [9.17, 15) is 13.2 Å². The monoisotopic (exact) mass is 302 g/mol. The van der Waals surface area contributed by atoms with Gasteiger partial charge in [-0.15, -0.1) is 0 Å². The van der Waals surface area contributed by atoms with Crippen LogP contribution >= 0.6 is 24.0 Å². The SMILES string of the molecule is FC(F)(F)c1ccc2c(c1)C1=NCCCN1C(=S)S2. The molecule has 2 aliphatic heterocycles. The Morgan fingerprint density at radius 3 is 2.84 bits per heavy atom. The molecule has 0 aliphatic carbocycles. The fourth-order valence-electron chi connectivity index (χ4n) is 2.13. The lowest BCUT2D eigenvalue weighted by Gasteiger charge is -2.34. The van der Waals surface area contributed by atoms with E-state index in [1.165, 1.54) is 23.9 Å². The van der Waals surface area contributed by atoms with Crippen molar-refractivity contribution in [3.8, 4) is 0 Å². The lowest BCUT2D eigenvalue weighted by molar-refractivity contribution is -0.137. The molecule has 3 rings (SSSR count). The van der Waals surface area contributed by atoms with Crippen molar-refractivity contribution in [3.05, 3.63) is 29.3 Å². The van der Waals surface area contributed by atoms with Crippen LogP contribution in [0.1, 0.15) is 17.5 Å². The van der Waals surface area contributed by atoms with Crippen LogP contribution in [0.15, 0.2) is 28.1 Å². The highest BCUT2D eigenvalue weighted by molar-refractivity contribution is 8.23. The highest BCUT2D eigenvalue weighted by Crippen LogP contribution is 2.38. The van der Waals surface area contributed by atoms with Crippen LogP contribution in [0.5, 0.6) is 0 Å². The lowest BCUT2D eigenvalue weighted by Crippen LogP contribution is -2.41. The zero-order valence-corrected chi connectivity index (χ0v) is 11.3. The third kappa shape index (κ3) is 2.25. The number of benzene rings is 1. The van der Waals surface area contributed by atoms with Crippen molar-refractivity contribution in [2.75, 3.05) is 13.1 Å². The van der Waals surface area contributed by atoms with Gasteiger partial charge in [0, 0.05) is 23.5 Å². The van der Waals surface area contributed by atoms with E-state index in [0.717, 1.165) is 23.9 Å². The zero-order valence-electron chi connectivity index (χ0n) is 9.70. The van der Waals surface area contributed by atoms with Crippen LogP contribution in [0.25, 0.3) is 0 Å². The second-order valence-corrected chi connectivity index (χ2v) is 5.96. The molecule has 1 aromatic carbocycles. The molecule has 0 amide bonds. The number of hydrogen-bond acceptors (Lipinski definition) is 3. The molecule has 2 aliphatic rings. The first kappa shape index (κ1) is 12.9. The second kappa shape index (κ2) is 4.49. The Labute approximate surface area is 117 Å². The van der Waals surface area contributed by atoms with E-state index in [1.54, 1.807) is 0 Å². The minimum absolute atomic E-state index is 0.535. The maximum absolute atomic E-state index is 12.8. The summed E-state index contributed by atoms with van der Waals surface area (Å²) in [6.45, 7) is 1.36. The summed E-state index contributed by atoms with van der Waals surface area (Å²) < 4.78 is 39.0. The van der Waals surface area contributed by atoms with Crippen LogP contribution in [0.3, 0.4) is 0 Å². The van der Waals surface area contributed by atoms with Gasteiger partial charge in [0.2, 0.25) is 0 Å². The normalized spacial score (nSPS) is 18.8. The number of thioether (sulfide) groups is 1. The van der Waals surface area contributed by atoms with Gasteiger partial charge >= 0.3 is 6.18 Å². The van der Waals surface area contributed by atoms with E-state index in [1.807, 2.05) is 4.90 Å². The van der Waals surface area contributed by atoms with Crippen LogP contribution in [0.4, 0.5) is 13.2 Å². The second-order valence-electron chi connectivity index (χ2n) is 4.29. The third-order valence-electron chi connectivity index (χ3n) is 3.02. The molecule has 2 heterocycles. The predicted molar refractivity (Wildman–Crippen MR) is 72.6 cm³/mol. The first-order valence-electron chi connectivity index (χ1n) is 5.72. The molecule has 0 saturated carbocycles. The van der Waals surface area contributed by atoms with Gasteiger partial charge in [0.25, 0.3) is 0 Å². The topological polar surface area (TPSA) is 15.6 Å². The molecular formula is C12H9F3N2S2. The third-order valence-corrected chi connectivity index (χ3v) is 4.46. The number of hydrogen-bond donors (Lipinski definition) is 0. The zero-order chi connectivity index (χ0) is 13.6. The van der Waals surface area contributed by atoms with Crippen LogP contribution in [-0.4, -0.2) is 28.1 Å². The minimum atomic E-state index is -4.34. The Kier molecular flexibility index (Phi) is 3.05. The molecule has 0 fully saturated rings. The summed E-state index contributed by atoms with van der Waals surface area (Å²) in [4.78, 5) is 6.91. The average molecular weight is 302 g/mol. The molecule has 0 aromatic heterocycles. The van der Waals surface area contributed by atoms with Gasteiger partial charge in [-0.3, -0.25) is 4.99 Å². The molecule has 0 atom stereocenters. The van der Waals surface area contributed by atoms with Gasteiger partial charge in [0.05, 0.1) is 5.56 Å². The number of fused-ring (bicyclic) bond motifs is 3. The van der Waals surface area contributed by atoms with Gasteiger partial charge in [-0.2, -0.15) is 13.2 Å². The molecular weight excluding hydrogens is 293 g/mol. The standard InChI is InChI=1S/C12H9F3N2S2/c13-12(14,15)7-2-3-9-8(6-7)10-16-4-1-5-17(10)11(18)19-9/h2-3,6H,1,4-5H2. The smallest absolute Gasteiger partial charge is 0.311 e. The average Bonchev–Trinajstić information content (AvgIpc) is 2.37. The summed E-state index contributed by atoms with van der Waals surface area (Å²) in [6.07, 6.45) is -3.46. The number of halogens is 3. The van der Waals surface area contributed by atoms with Crippen molar-refractivity contribution in [1.82, 2.24) is 4.90 Å². The maximum Gasteiger partial charge on any atom is 0.416 e. The van der Waals surface area contributed by atoms with Gasteiger partial charge in [-0.25, -0.2) is 0 Å². The van der Waals surface area contributed by atoms with E-state index in [-0.39, 0.29) is 0 Å². The van der Waals surface area contributed by atoms with E-state index >= 15 is 0 Å². The number of amidine groups is 1. The molecule has 0 bridgehead atoms. The van der Waals surface area contributed by atoms with Crippen molar-refractivity contribution < 1.29 is 13.2 Å². The molecule has 1 aromatic rings. The highest BCUT2D eigenvalue weighted by Gasteiger charge is 2.34. The van der Waals surface area contributed by atoms with Crippen molar-refractivity contribution in [2.45, 2.75) is 17.5 Å². The molecule has 0 N–H and O–H groups in total. The quantitative estimate of drug-likeness (QED) is 0.682.